The number of thiophene rings is 1. The number of hydrogen-bond donors (Lipinski definition) is 1. The fourth-order valence-corrected chi connectivity index (χ4v) is 5.35. The van der Waals surface area contributed by atoms with Gasteiger partial charge < -0.3 is 10.1 Å². The molecule has 2 aromatic carbocycles. The molecule has 0 spiro atoms. The quantitative estimate of drug-likeness (QED) is 0.258. The lowest BCUT2D eigenvalue weighted by Gasteiger charge is -2.07. The highest BCUT2D eigenvalue weighted by Gasteiger charge is 2.15. The number of ether oxygens (including phenoxy) is 1. The molecule has 4 aromatic rings. The molecule has 2 aromatic heterocycles. The van der Waals surface area contributed by atoms with Crippen LogP contribution in [0.4, 0.5) is 5.82 Å². The van der Waals surface area contributed by atoms with Crippen molar-refractivity contribution in [3.05, 3.63) is 96.2 Å². The van der Waals surface area contributed by atoms with Crippen molar-refractivity contribution in [3.8, 4) is 5.75 Å². The summed E-state index contributed by atoms with van der Waals surface area (Å²) in [5, 5.41) is 9.37. The summed E-state index contributed by atoms with van der Waals surface area (Å²) in [5.74, 6) is 1.20. The Morgan fingerprint density at radius 2 is 1.88 bits per heavy atom. The molecule has 1 aliphatic carbocycles. The summed E-state index contributed by atoms with van der Waals surface area (Å²) in [4.78, 5) is 13.4. The van der Waals surface area contributed by atoms with Crippen molar-refractivity contribution in [2.45, 2.75) is 32.4 Å². The highest BCUT2D eigenvalue weighted by atomic mass is 79.9. The van der Waals surface area contributed by atoms with E-state index in [-0.39, 0.29) is 5.91 Å². The van der Waals surface area contributed by atoms with Crippen LogP contribution in [0.25, 0.3) is 0 Å². The molecule has 0 fully saturated rings. The van der Waals surface area contributed by atoms with Crippen molar-refractivity contribution in [1.29, 1.82) is 0 Å². The predicted molar refractivity (Wildman–Crippen MR) is 138 cm³/mol. The predicted octanol–water partition coefficient (Wildman–Crippen LogP) is 6.84. The van der Waals surface area contributed by atoms with Crippen LogP contribution in [0.15, 0.2) is 69.1 Å². The first-order chi connectivity index (χ1) is 16.0. The van der Waals surface area contributed by atoms with Gasteiger partial charge in [0, 0.05) is 16.2 Å². The van der Waals surface area contributed by atoms with Gasteiger partial charge in [-0.1, -0.05) is 34.1 Å². The normalized spacial score (nSPS) is 12.5. The number of carbonyl (C=O) groups excluding carboxylic acids is 1. The van der Waals surface area contributed by atoms with Crippen LogP contribution in [0, 0.1) is 0 Å². The van der Waals surface area contributed by atoms with E-state index in [9.17, 15) is 4.79 Å². The SMILES string of the molecule is O=C(Nc1nn(Cc2ccc(Br)cc2)cc1Br)c1cc(COc2ccc3c(c2)CCC3)cs1. The summed E-state index contributed by atoms with van der Waals surface area (Å²) in [5.41, 5.74) is 4.92. The Balaban J connectivity index is 1.19. The zero-order valence-corrected chi connectivity index (χ0v) is 21.7. The summed E-state index contributed by atoms with van der Waals surface area (Å²) in [6.07, 6.45) is 5.38. The third-order valence-corrected chi connectivity index (χ3v) is 7.65. The van der Waals surface area contributed by atoms with E-state index in [1.807, 2.05) is 48.0 Å². The monoisotopic (exact) mass is 585 g/mol. The highest BCUT2D eigenvalue weighted by Crippen LogP contribution is 2.27. The molecule has 0 radical (unpaired) electrons. The molecule has 2 heterocycles. The van der Waals surface area contributed by atoms with E-state index in [0.29, 0.717) is 23.8 Å². The molecule has 1 N–H and O–H groups in total. The van der Waals surface area contributed by atoms with Gasteiger partial charge in [0.1, 0.15) is 12.4 Å². The van der Waals surface area contributed by atoms with E-state index in [1.165, 1.54) is 28.9 Å². The number of hydrogen-bond acceptors (Lipinski definition) is 4. The maximum atomic E-state index is 12.8. The van der Waals surface area contributed by atoms with E-state index in [4.69, 9.17) is 4.74 Å². The van der Waals surface area contributed by atoms with Gasteiger partial charge in [0.15, 0.2) is 5.82 Å². The number of nitrogens with one attached hydrogen (secondary N) is 1. The van der Waals surface area contributed by atoms with Gasteiger partial charge in [-0.25, -0.2) is 0 Å². The third kappa shape index (κ3) is 5.39. The van der Waals surface area contributed by atoms with Gasteiger partial charge in [-0.2, -0.15) is 5.10 Å². The fourth-order valence-electron chi connectivity index (χ4n) is 3.88. The topological polar surface area (TPSA) is 56.2 Å². The lowest BCUT2D eigenvalue weighted by molar-refractivity contribution is 0.103. The number of carbonyl (C=O) groups is 1. The van der Waals surface area contributed by atoms with Gasteiger partial charge in [0.05, 0.1) is 15.9 Å². The number of amides is 1. The van der Waals surface area contributed by atoms with Crippen molar-refractivity contribution in [2.75, 3.05) is 5.32 Å². The molecule has 33 heavy (non-hydrogen) atoms. The van der Waals surface area contributed by atoms with E-state index < -0.39 is 0 Å². The maximum Gasteiger partial charge on any atom is 0.266 e. The van der Waals surface area contributed by atoms with Crippen LogP contribution >= 0.6 is 43.2 Å². The molecular weight excluding hydrogens is 566 g/mol. The van der Waals surface area contributed by atoms with Crippen molar-refractivity contribution in [1.82, 2.24) is 9.78 Å². The first-order valence-electron chi connectivity index (χ1n) is 10.6. The minimum atomic E-state index is -0.182. The molecule has 0 atom stereocenters. The average Bonchev–Trinajstić information content (AvgIpc) is 3.54. The summed E-state index contributed by atoms with van der Waals surface area (Å²) in [7, 11) is 0. The van der Waals surface area contributed by atoms with E-state index >= 15 is 0 Å². The van der Waals surface area contributed by atoms with E-state index in [1.54, 1.807) is 4.68 Å². The molecule has 8 heteroatoms. The Morgan fingerprint density at radius 1 is 1.06 bits per heavy atom. The molecule has 0 bridgehead atoms. The first-order valence-corrected chi connectivity index (χ1v) is 13.1. The van der Waals surface area contributed by atoms with Crippen molar-refractivity contribution >= 4 is 54.9 Å². The van der Waals surface area contributed by atoms with Crippen molar-refractivity contribution < 1.29 is 9.53 Å². The Bertz CT molecular complexity index is 1300. The first kappa shape index (κ1) is 22.4. The van der Waals surface area contributed by atoms with Crippen LogP contribution in [-0.2, 0) is 26.0 Å². The van der Waals surface area contributed by atoms with Crippen LogP contribution in [0.3, 0.4) is 0 Å². The number of anilines is 1. The standard InChI is InChI=1S/C25H21Br2N3O2S/c26-20-7-4-16(5-8-20)12-30-13-22(27)24(29-30)28-25(31)23-10-17(15-33-23)14-32-21-9-6-18-2-1-3-19(18)11-21/h4-11,13,15H,1-3,12,14H2,(H,28,29,31). The van der Waals surface area contributed by atoms with E-state index in [2.05, 4.69) is 54.4 Å². The summed E-state index contributed by atoms with van der Waals surface area (Å²) < 4.78 is 9.54. The fraction of sp³-hybridized carbons (Fsp3) is 0.200. The number of fused-ring (bicyclic) bond motifs is 1. The van der Waals surface area contributed by atoms with Gasteiger partial charge in [-0.15, -0.1) is 11.3 Å². The van der Waals surface area contributed by atoms with Gasteiger partial charge in [-0.3, -0.25) is 9.48 Å². The Morgan fingerprint density at radius 3 is 2.73 bits per heavy atom. The Kier molecular flexibility index (Phi) is 6.66. The minimum absolute atomic E-state index is 0.182. The molecule has 1 amide bonds. The zero-order valence-electron chi connectivity index (χ0n) is 17.7. The molecule has 0 saturated carbocycles. The third-order valence-electron chi connectivity index (χ3n) is 5.56. The summed E-state index contributed by atoms with van der Waals surface area (Å²) in [6, 6.07) is 16.3. The molecule has 0 aliphatic heterocycles. The smallest absolute Gasteiger partial charge is 0.266 e. The van der Waals surface area contributed by atoms with Crippen LogP contribution < -0.4 is 10.1 Å². The number of rotatable bonds is 7. The largest absolute Gasteiger partial charge is 0.489 e. The van der Waals surface area contributed by atoms with Crippen LogP contribution in [0.1, 0.15) is 38.3 Å². The lowest BCUT2D eigenvalue weighted by atomic mass is 10.1. The molecule has 1 aliphatic rings. The average molecular weight is 587 g/mol. The maximum absolute atomic E-state index is 12.8. The molecule has 168 valence electrons. The number of benzene rings is 2. The molecular formula is C25H21Br2N3O2S. The zero-order chi connectivity index (χ0) is 22.8. The molecule has 0 unspecified atom stereocenters. The van der Waals surface area contributed by atoms with Crippen molar-refractivity contribution in [3.63, 3.8) is 0 Å². The van der Waals surface area contributed by atoms with Crippen LogP contribution in [-0.4, -0.2) is 15.7 Å². The van der Waals surface area contributed by atoms with Crippen molar-refractivity contribution in [2.24, 2.45) is 0 Å². The second-order valence-electron chi connectivity index (χ2n) is 8.00. The van der Waals surface area contributed by atoms with E-state index in [0.717, 1.165) is 38.7 Å². The lowest BCUT2D eigenvalue weighted by Crippen LogP contribution is -2.11. The second kappa shape index (κ2) is 9.83. The highest BCUT2D eigenvalue weighted by molar-refractivity contribution is 9.10. The molecule has 5 rings (SSSR count). The molecule has 5 nitrogen and oxygen atoms in total. The number of nitrogens with zero attached hydrogens (tertiary/aromatic N) is 2. The number of halogens is 2. The van der Waals surface area contributed by atoms with Crippen LogP contribution in [0.2, 0.25) is 0 Å². The number of aromatic nitrogens is 2. The summed E-state index contributed by atoms with van der Waals surface area (Å²) in [6.45, 7) is 1.05. The minimum Gasteiger partial charge on any atom is -0.489 e. The van der Waals surface area contributed by atoms with Gasteiger partial charge in [0.2, 0.25) is 0 Å². The van der Waals surface area contributed by atoms with Gasteiger partial charge in [0.25, 0.3) is 5.91 Å². The van der Waals surface area contributed by atoms with Gasteiger partial charge >= 0.3 is 0 Å². The Hall–Kier alpha value is -2.42. The molecule has 0 saturated heterocycles. The van der Waals surface area contributed by atoms with Gasteiger partial charge in [-0.05, 0) is 87.6 Å². The van der Waals surface area contributed by atoms with Crippen LogP contribution in [0.5, 0.6) is 5.75 Å². The number of aryl methyl sites for hydroxylation is 2. The second-order valence-corrected chi connectivity index (χ2v) is 10.7. The Labute approximate surface area is 213 Å². The summed E-state index contributed by atoms with van der Waals surface area (Å²) >= 11 is 8.35.